The van der Waals surface area contributed by atoms with Gasteiger partial charge in [0.25, 0.3) is 0 Å². The number of esters is 2. The molecule has 1 fully saturated rings. The quantitative estimate of drug-likeness (QED) is 0.547. The van der Waals surface area contributed by atoms with E-state index in [0.29, 0.717) is 6.42 Å². The van der Waals surface area contributed by atoms with Gasteiger partial charge in [0.05, 0.1) is 24.4 Å². The van der Waals surface area contributed by atoms with Crippen LogP contribution in [0.5, 0.6) is 0 Å². The fraction of sp³-hybridized carbons (Fsp3) is 0.647. The molecule has 0 unspecified atom stereocenters. The second-order valence-corrected chi connectivity index (χ2v) is 6.31. The molecule has 0 aromatic rings. The van der Waals surface area contributed by atoms with Gasteiger partial charge in [0.2, 0.25) is 0 Å². The Labute approximate surface area is 156 Å². The summed E-state index contributed by atoms with van der Waals surface area (Å²) in [6.45, 7) is 2.14. The number of allylic oxidation sites excluding steroid dienone is 2. The Morgan fingerprint density at radius 3 is 1.54 bits per heavy atom. The van der Waals surface area contributed by atoms with Crippen molar-refractivity contribution in [3.63, 3.8) is 0 Å². The van der Waals surface area contributed by atoms with Gasteiger partial charge < -0.3 is 14.8 Å². The molecule has 0 radical (unpaired) electrons. The Bertz CT molecular complexity index is 651. The van der Waals surface area contributed by atoms with Gasteiger partial charge in [0, 0.05) is 5.92 Å². The molecule has 0 amide bonds. The highest BCUT2D eigenvalue weighted by Gasteiger charge is 2.55. The molecule has 1 heterocycles. The number of ether oxygens (including phenoxy) is 2. The van der Waals surface area contributed by atoms with Gasteiger partial charge in [-0.15, -0.1) is 0 Å². The second-order valence-electron chi connectivity index (χ2n) is 6.31. The molecule has 0 saturated heterocycles. The number of halogens is 6. The van der Waals surface area contributed by atoms with Crippen molar-refractivity contribution >= 4 is 11.9 Å². The third kappa shape index (κ3) is 4.27. The van der Waals surface area contributed by atoms with Crippen molar-refractivity contribution in [3.8, 4) is 0 Å². The average Bonchev–Trinajstić information content (AvgIpc) is 2.50. The minimum atomic E-state index is -5.29. The molecule has 11 heteroatoms. The van der Waals surface area contributed by atoms with E-state index in [-0.39, 0.29) is 26.1 Å². The van der Waals surface area contributed by atoms with Gasteiger partial charge in [-0.05, 0) is 32.6 Å². The van der Waals surface area contributed by atoms with Gasteiger partial charge >= 0.3 is 24.3 Å². The van der Waals surface area contributed by atoms with Gasteiger partial charge in [-0.2, -0.15) is 26.3 Å². The van der Waals surface area contributed by atoms with E-state index < -0.39 is 58.7 Å². The summed E-state index contributed by atoms with van der Waals surface area (Å²) in [5, 5.41) is 1.25. The van der Waals surface area contributed by atoms with E-state index in [1.54, 1.807) is 0 Å². The molecule has 0 atom stereocenters. The predicted octanol–water partition coefficient (Wildman–Crippen LogP) is 3.76. The maximum Gasteiger partial charge on any atom is 0.431 e. The van der Waals surface area contributed by atoms with Crippen LogP contribution in [0.25, 0.3) is 0 Å². The van der Waals surface area contributed by atoms with Crippen molar-refractivity contribution in [2.75, 3.05) is 13.2 Å². The molecule has 0 spiro atoms. The average molecular weight is 415 g/mol. The van der Waals surface area contributed by atoms with Gasteiger partial charge in [-0.3, -0.25) is 0 Å². The zero-order valence-corrected chi connectivity index (χ0v) is 15.1. The van der Waals surface area contributed by atoms with Crippen molar-refractivity contribution in [2.24, 2.45) is 11.8 Å². The van der Waals surface area contributed by atoms with Crippen LogP contribution in [0, 0.1) is 11.8 Å². The molecule has 158 valence electrons. The number of hydrogen-bond acceptors (Lipinski definition) is 5. The third-order valence-electron chi connectivity index (χ3n) is 4.59. The lowest BCUT2D eigenvalue weighted by Gasteiger charge is -2.40. The van der Waals surface area contributed by atoms with Crippen LogP contribution < -0.4 is 5.32 Å². The Kier molecular flexibility index (Phi) is 6.34. The summed E-state index contributed by atoms with van der Waals surface area (Å²) >= 11 is 0. The van der Waals surface area contributed by atoms with E-state index in [0.717, 1.165) is 0 Å². The van der Waals surface area contributed by atoms with Crippen LogP contribution in [0.4, 0.5) is 26.3 Å². The molecule has 1 saturated carbocycles. The summed E-state index contributed by atoms with van der Waals surface area (Å²) in [5.74, 6) is -5.29. The highest BCUT2D eigenvalue weighted by atomic mass is 19.4. The zero-order valence-electron chi connectivity index (χ0n) is 15.1. The number of alkyl halides is 6. The summed E-state index contributed by atoms with van der Waals surface area (Å²) in [4.78, 5) is 24.6. The highest BCUT2D eigenvalue weighted by molar-refractivity contribution is 5.98. The summed E-state index contributed by atoms with van der Waals surface area (Å²) in [6.07, 6.45) is -9.48. The first-order chi connectivity index (χ1) is 12.9. The smallest absolute Gasteiger partial charge is 0.431 e. The monoisotopic (exact) mass is 415 g/mol. The molecule has 0 bridgehead atoms. The molecular formula is C17H19F6NO4. The van der Waals surface area contributed by atoms with E-state index in [1.165, 1.54) is 19.2 Å². The fourth-order valence-electron chi connectivity index (χ4n) is 3.28. The Morgan fingerprint density at radius 2 is 1.29 bits per heavy atom. The van der Waals surface area contributed by atoms with Gasteiger partial charge in [0.1, 0.15) is 11.4 Å². The highest BCUT2D eigenvalue weighted by Crippen LogP contribution is 2.49. The minimum Gasteiger partial charge on any atom is -0.463 e. The van der Waals surface area contributed by atoms with Crippen molar-refractivity contribution in [2.45, 2.75) is 45.5 Å². The van der Waals surface area contributed by atoms with Crippen molar-refractivity contribution in [3.05, 3.63) is 22.5 Å². The molecular weight excluding hydrogens is 396 g/mol. The normalized spacial score (nSPS) is 19.3. The Morgan fingerprint density at radius 1 is 0.893 bits per heavy atom. The molecule has 1 aliphatic heterocycles. The summed E-state index contributed by atoms with van der Waals surface area (Å²) in [6, 6.07) is 0. The van der Waals surface area contributed by atoms with Crippen LogP contribution >= 0.6 is 0 Å². The summed E-state index contributed by atoms with van der Waals surface area (Å²) in [7, 11) is 0. The standard InChI is InChI=1S/C17H19F6NO4/c1-3-27-14(25)10-9(8-6-5-7-8)11(15(26)28-4-2)13(17(21,22)23)24-12(10)16(18,19)20/h8-9,24H,3-7H2,1-2H3. The molecule has 5 nitrogen and oxygen atoms in total. The van der Waals surface area contributed by atoms with Crippen LogP contribution in [0.2, 0.25) is 0 Å². The second kappa shape index (κ2) is 8.04. The number of carbonyl (C=O) groups is 2. The molecule has 2 rings (SSSR count). The lowest BCUT2D eigenvalue weighted by atomic mass is 9.67. The van der Waals surface area contributed by atoms with E-state index >= 15 is 0 Å². The molecule has 0 aromatic heterocycles. The lowest BCUT2D eigenvalue weighted by molar-refractivity contribution is -0.145. The van der Waals surface area contributed by atoms with Crippen molar-refractivity contribution in [1.29, 1.82) is 0 Å². The van der Waals surface area contributed by atoms with Crippen LogP contribution in [0.1, 0.15) is 33.1 Å². The molecule has 28 heavy (non-hydrogen) atoms. The number of nitrogens with one attached hydrogen (secondary N) is 1. The largest absolute Gasteiger partial charge is 0.463 e. The van der Waals surface area contributed by atoms with Gasteiger partial charge in [0.15, 0.2) is 0 Å². The lowest BCUT2D eigenvalue weighted by Crippen LogP contribution is -2.46. The van der Waals surface area contributed by atoms with Crippen LogP contribution in [-0.4, -0.2) is 37.5 Å². The van der Waals surface area contributed by atoms with Crippen LogP contribution in [0.15, 0.2) is 22.5 Å². The van der Waals surface area contributed by atoms with Crippen LogP contribution in [0.3, 0.4) is 0 Å². The zero-order chi connectivity index (χ0) is 21.3. The number of dihydropyridines is 1. The summed E-state index contributed by atoms with van der Waals surface area (Å²) < 4.78 is 90.7. The maximum absolute atomic E-state index is 13.6. The molecule has 0 aromatic carbocycles. The van der Waals surface area contributed by atoms with Crippen LogP contribution in [-0.2, 0) is 19.1 Å². The topological polar surface area (TPSA) is 64.6 Å². The summed E-state index contributed by atoms with van der Waals surface area (Å²) in [5.41, 5.74) is -5.75. The SMILES string of the molecule is CCOC(=O)C1=C(C(F)(F)F)NC(C(F)(F)F)=C(C(=O)OCC)C1C1CCC1. The molecule has 1 aliphatic carbocycles. The first-order valence-electron chi connectivity index (χ1n) is 8.67. The third-order valence-corrected chi connectivity index (χ3v) is 4.59. The Balaban J connectivity index is 2.76. The van der Waals surface area contributed by atoms with Crippen molar-refractivity contribution in [1.82, 2.24) is 5.32 Å². The van der Waals surface area contributed by atoms with Gasteiger partial charge in [-0.25, -0.2) is 9.59 Å². The van der Waals surface area contributed by atoms with E-state index in [2.05, 4.69) is 9.47 Å². The number of hydrogen-bond donors (Lipinski definition) is 1. The first kappa shape index (κ1) is 22.1. The van der Waals surface area contributed by atoms with E-state index in [1.807, 2.05) is 0 Å². The van der Waals surface area contributed by atoms with E-state index in [9.17, 15) is 35.9 Å². The van der Waals surface area contributed by atoms with E-state index in [4.69, 9.17) is 0 Å². The van der Waals surface area contributed by atoms with Crippen molar-refractivity contribution < 1.29 is 45.4 Å². The number of carbonyl (C=O) groups excluding carboxylic acids is 2. The first-order valence-corrected chi connectivity index (χ1v) is 8.67. The predicted molar refractivity (Wildman–Crippen MR) is 83.4 cm³/mol. The Hall–Kier alpha value is -2.20. The maximum atomic E-state index is 13.6. The fourth-order valence-corrected chi connectivity index (χ4v) is 3.28. The van der Waals surface area contributed by atoms with Gasteiger partial charge in [-0.1, -0.05) is 6.42 Å². The minimum absolute atomic E-state index is 0.271. The molecule has 1 N–H and O–H groups in total. The number of rotatable bonds is 5. The molecule has 2 aliphatic rings.